The molecular weight excluding hydrogens is 262 g/mol. The van der Waals surface area contributed by atoms with Crippen LogP contribution in [0.5, 0.6) is 0 Å². The zero-order chi connectivity index (χ0) is 15.0. The second-order valence-electron chi connectivity index (χ2n) is 4.29. The summed E-state index contributed by atoms with van der Waals surface area (Å²) in [5.41, 5.74) is -0.133. The molecule has 1 aromatic rings. The molecule has 0 radical (unpaired) electrons. The molecule has 0 spiro atoms. The minimum absolute atomic E-state index is 0.0203. The maximum atomic E-state index is 11.2. The van der Waals surface area contributed by atoms with E-state index in [1.165, 1.54) is 6.33 Å². The van der Waals surface area contributed by atoms with E-state index in [0.29, 0.717) is 13.2 Å². The third-order valence-electron chi connectivity index (χ3n) is 2.69. The van der Waals surface area contributed by atoms with Gasteiger partial charge in [-0.15, -0.1) is 0 Å². The van der Waals surface area contributed by atoms with Gasteiger partial charge in [-0.3, -0.25) is 10.1 Å². The van der Waals surface area contributed by atoms with Crippen LogP contribution in [0.3, 0.4) is 0 Å². The maximum absolute atomic E-state index is 11.2. The summed E-state index contributed by atoms with van der Waals surface area (Å²) in [4.78, 5) is 18.7. The number of nitrogens with one attached hydrogen (secondary N) is 2. The largest absolute Gasteiger partial charge is 0.383 e. The average molecular weight is 283 g/mol. The standard InChI is InChI=1S/C12H21N5O3/c1-4-6-9(7-20-3)16-12-10(17(18)19)11(13-5-2)14-8-15-12/h8-9H,4-7H2,1-3H3,(H2,13,14,15,16). The minimum Gasteiger partial charge on any atom is -0.383 e. The average Bonchev–Trinajstić information content (AvgIpc) is 2.39. The Bertz CT molecular complexity index is 435. The molecule has 20 heavy (non-hydrogen) atoms. The Hall–Kier alpha value is -1.96. The van der Waals surface area contributed by atoms with Crippen molar-refractivity contribution in [3.8, 4) is 0 Å². The van der Waals surface area contributed by atoms with Crippen LogP contribution in [0.25, 0.3) is 0 Å². The van der Waals surface area contributed by atoms with Gasteiger partial charge in [0, 0.05) is 13.7 Å². The molecule has 1 atom stereocenters. The molecule has 8 heteroatoms. The Kier molecular flexibility index (Phi) is 6.65. The third-order valence-corrected chi connectivity index (χ3v) is 2.69. The molecule has 0 aliphatic heterocycles. The number of nitrogens with zero attached hydrogens (tertiary/aromatic N) is 3. The number of aromatic nitrogens is 2. The molecule has 0 fully saturated rings. The van der Waals surface area contributed by atoms with Gasteiger partial charge in [-0.2, -0.15) is 0 Å². The van der Waals surface area contributed by atoms with Gasteiger partial charge < -0.3 is 15.4 Å². The predicted octanol–water partition coefficient (Wildman–Crippen LogP) is 2.04. The van der Waals surface area contributed by atoms with Crippen molar-refractivity contribution in [2.24, 2.45) is 0 Å². The molecule has 2 N–H and O–H groups in total. The molecule has 1 unspecified atom stereocenters. The number of ether oxygens (including phenoxy) is 1. The smallest absolute Gasteiger partial charge is 0.353 e. The van der Waals surface area contributed by atoms with Crippen molar-refractivity contribution in [1.29, 1.82) is 0 Å². The summed E-state index contributed by atoms with van der Waals surface area (Å²) in [5, 5.41) is 17.2. The normalized spacial score (nSPS) is 11.9. The first-order chi connectivity index (χ1) is 9.63. The molecule has 1 rings (SSSR count). The lowest BCUT2D eigenvalue weighted by Crippen LogP contribution is -2.26. The van der Waals surface area contributed by atoms with Crippen molar-refractivity contribution in [3.63, 3.8) is 0 Å². The number of nitro groups is 1. The highest BCUT2D eigenvalue weighted by Gasteiger charge is 2.24. The topological polar surface area (TPSA) is 102 Å². The molecule has 0 aliphatic carbocycles. The Morgan fingerprint density at radius 2 is 2.10 bits per heavy atom. The molecule has 0 aliphatic rings. The van der Waals surface area contributed by atoms with E-state index < -0.39 is 4.92 Å². The lowest BCUT2D eigenvalue weighted by molar-refractivity contribution is -0.383. The van der Waals surface area contributed by atoms with Crippen LogP contribution in [-0.2, 0) is 4.74 Å². The fourth-order valence-corrected chi connectivity index (χ4v) is 1.89. The summed E-state index contributed by atoms with van der Waals surface area (Å²) < 4.78 is 5.12. The van der Waals surface area contributed by atoms with Crippen molar-refractivity contribution in [2.45, 2.75) is 32.7 Å². The summed E-state index contributed by atoms with van der Waals surface area (Å²) in [7, 11) is 1.60. The lowest BCUT2D eigenvalue weighted by Gasteiger charge is -2.18. The van der Waals surface area contributed by atoms with E-state index in [-0.39, 0.29) is 23.4 Å². The molecular formula is C12H21N5O3. The van der Waals surface area contributed by atoms with E-state index in [9.17, 15) is 10.1 Å². The fraction of sp³-hybridized carbons (Fsp3) is 0.667. The summed E-state index contributed by atoms with van der Waals surface area (Å²) in [6, 6.07) is -0.0203. The molecule has 8 nitrogen and oxygen atoms in total. The van der Waals surface area contributed by atoms with Gasteiger partial charge in [-0.05, 0) is 13.3 Å². The predicted molar refractivity (Wildman–Crippen MR) is 77.0 cm³/mol. The number of methoxy groups -OCH3 is 1. The number of rotatable bonds is 9. The van der Waals surface area contributed by atoms with Crippen molar-refractivity contribution in [1.82, 2.24) is 9.97 Å². The lowest BCUT2D eigenvalue weighted by atomic mass is 10.2. The number of hydrogen-bond donors (Lipinski definition) is 2. The Morgan fingerprint density at radius 1 is 1.40 bits per heavy atom. The van der Waals surface area contributed by atoms with Crippen molar-refractivity contribution >= 4 is 17.3 Å². The van der Waals surface area contributed by atoms with Crippen molar-refractivity contribution < 1.29 is 9.66 Å². The van der Waals surface area contributed by atoms with Crippen LogP contribution in [0.15, 0.2) is 6.33 Å². The SMILES string of the molecule is CCCC(COC)Nc1ncnc(NCC)c1[N+](=O)[O-]. The maximum Gasteiger partial charge on any atom is 0.353 e. The highest BCUT2D eigenvalue weighted by molar-refractivity contribution is 5.69. The van der Waals surface area contributed by atoms with E-state index in [2.05, 4.69) is 20.6 Å². The summed E-state index contributed by atoms with van der Waals surface area (Å²) in [6.07, 6.45) is 3.09. The molecule has 0 saturated heterocycles. The van der Waals surface area contributed by atoms with Gasteiger partial charge in [-0.25, -0.2) is 9.97 Å². The zero-order valence-electron chi connectivity index (χ0n) is 12.0. The van der Waals surface area contributed by atoms with Gasteiger partial charge in [0.2, 0.25) is 11.6 Å². The first-order valence-electron chi connectivity index (χ1n) is 6.62. The quantitative estimate of drug-likeness (QED) is 0.528. The fourth-order valence-electron chi connectivity index (χ4n) is 1.89. The van der Waals surface area contributed by atoms with E-state index in [1.807, 2.05) is 13.8 Å². The Labute approximate surface area is 118 Å². The highest BCUT2D eigenvalue weighted by Crippen LogP contribution is 2.29. The minimum atomic E-state index is -0.476. The number of anilines is 2. The van der Waals surface area contributed by atoms with Crippen LogP contribution < -0.4 is 10.6 Å². The highest BCUT2D eigenvalue weighted by atomic mass is 16.6. The Morgan fingerprint density at radius 3 is 2.65 bits per heavy atom. The number of hydrogen-bond acceptors (Lipinski definition) is 7. The van der Waals surface area contributed by atoms with E-state index in [1.54, 1.807) is 7.11 Å². The van der Waals surface area contributed by atoms with E-state index in [0.717, 1.165) is 12.8 Å². The van der Waals surface area contributed by atoms with Gasteiger partial charge in [0.05, 0.1) is 17.6 Å². The van der Waals surface area contributed by atoms with E-state index in [4.69, 9.17) is 4.74 Å². The third kappa shape index (κ3) is 4.30. The van der Waals surface area contributed by atoms with Gasteiger partial charge in [0.25, 0.3) is 0 Å². The molecule has 1 heterocycles. The molecule has 0 amide bonds. The molecule has 112 valence electrons. The van der Waals surface area contributed by atoms with Crippen LogP contribution in [0.1, 0.15) is 26.7 Å². The van der Waals surface area contributed by atoms with Gasteiger partial charge in [-0.1, -0.05) is 13.3 Å². The van der Waals surface area contributed by atoms with Gasteiger partial charge >= 0.3 is 5.69 Å². The molecule has 0 bridgehead atoms. The van der Waals surface area contributed by atoms with E-state index >= 15 is 0 Å². The summed E-state index contributed by atoms with van der Waals surface area (Å²) in [5.74, 6) is 0.444. The van der Waals surface area contributed by atoms with Crippen molar-refractivity contribution in [2.75, 3.05) is 30.9 Å². The van der Waals surface area contributed by atoms with Gasteiger partial charge in [0.1, 0.15) is 6.33 Å². The van der Waals surface area contributed by atoms with Crippen LogP contribution in [0.4, 0.5) is 17.3 Å². The summed E-state index contributed by atoms with van der Waals surface area (Å²) in [6.45, 7) is 4.91. The second kappa shape index (κ2) is 8.26. The zero-order valence-corrected chi connectivity index (χ0v) is 12.0. The van der Waals surface area contributed by atoms with Crippen LogP contribution >= 0.6 is 0 Å². The first kappa shape index (κ1) is 16.1. The van der Waals surface area contributed by atoms with Gasteiger partial charge in [0.15, 0.2) is 0 Å². The first-order valence-corrected chi connectivity index (χ1v) is 6.62. The van der Waals surface area contributed by atoms with Crippen LogP contribution in [-0.4, -0.2) is 41.2 Å². The molecule has 1 aromatic heterocycles. The second-order valence-corrected chi connectivity index (χ2v) is 4.29. The molecule has 0 saturated carbocycles. The molecule has 0 aromatic carbocycles. The Balaban J connectivity index is 3.03. The monoisotopic (exact) mass is 283 g/mol. The van der Waals surface area contributed by atoms with Crippen LogP contribution in [0, 0.1) is 10.1 Å². The summed E-state index contributed by atoms with van der Waals surface area (Å²) >= 11 is 0. The van der Waals surface area contributed by atoms with Crippen LogP contribution in [0.2, 0.25) is 0 Å². The van der Waals surface area contributed by atoms with Crippen molar-refractivity contribution in [3.05, 3.63) is 16.4 Å².